The summed E-state index contributed by atoms with van der Waals surface area (Å²) in [6.45, 7) is 8.61. The lowest BCUT2D eigenvalue weighted by atomic mass is 10.0. The molecule has 0 spiro atoms. The molecule has 3 rings (SSSR count). The van der Waals surface area contributed by atoms with Crippen molar-refractivity contribution in [3.05, 3.63) is 54.1 Å². The van der Waals surface area contributed by atoms with Gasteiger partial charge in [-0.1, -0.05) is 32.4 Å². The molecule has 2 N–H and O–H groups in total. The molecule has 9 heteroatoms. The molecule has 2 aromatic carbocycles. The number of benzene rings is 2. The zero-order valence-corrected chi connectivity index (χ0v) is 22.5. The summed E-state index contributed by atoms with van der Waals surface area (Å²) < 4.78 is 31.0. The molecule has 36 heavy (non-hydrogen) atoms. The van der Waals surface area contributed by atoms with Crippen molar-refractivity contribution >= 4 is 21.7 Å². The number of unbranched alkanes of at least 4 members (excludes halogenated alkanes) is 1. The Kier molecular flexibility index (Phi) is 10.4. The van der Waals surface area contributed by atoms with Gasteiger partial charge in [0.05, 0.1) is 6.26 Å². The lowest BCUT2D eigenvalue weighted by molar-refractivity contribution is 0.116. The molecule has 0 unspecified atom stereocenters. The van der Waals surface area contributed by atoms with Crippen molar-refractivity contribution in [1.29, 1.82) is 0 Å². The number of hydrogen-bond acceptors (Lipinski definition) is 5. The van der Waals surface area contributed by atoms with Crippen LogP contribution in [0.1, 0.15) is 51.5 Å². The van der Waals surface area contributed by atoms with E-state index in [1.807, 2.05) is 12.1 Å². The first kappa shape index (κ1) is 27.8. The lowest BCUT2D eigenvalue weighted by Gasteiger charge is -2.38. The quantitative estimate of drug-likeness (QED) is 0.413. The van der Waals surface area contributed by atoms with Crippen LogP contribution in [0.25, 0.3) is 0 Å². The maximum Gasteiger partial charge on any atom is 0.317 e. The number of ether oxygens (including phenoxy) is 1. The van der Waals surface area contributed by atoms with Gasteiger partial charge in [-0.25, -0.2) is 13.2 Å². The first-order valence-corrected chi connectivity index (χ1v) is 14.8. The van der Waals surface area contributed by atoms with Crippen LogP contribution in [-0.4, -0.2) is 62.7 Å². The highest BCUT2D eigenvalue weighted by Crippen LogP contribution is 2.25. The van der Waals surface area contributed by atoms with Gasteiger partial charge in [-0.2, -0.15) is 0 Å². The Morgan fingerprint density at radius 1 is 1.00 bits per heavy atom. The molecule has 1 aliphatic rings. The van der Waals surface area contributed by atoms with E-state index in [-0.39, 0.29) is 6.03 Å². The highest BCUT2D eigenvalue weighted by Gasteiger charge is 2.27. The van der Waals surface area contributed by atoms with E-state index in [1.54, 1.807) is 24.3 Å². The van der Waals surface area contributed by atoms with Crippen LogP contribution in [0.4, 0.5) is 10.5 Å². The summed E-state index contributed by atoms with van der Waals surface area (Å²) in [5, 5.41) is 3.06. The normalized spacial score (nSPS) is 14.9. The summed E-state index contributed by atoms with van der Waals surface area (Å²) in [7, 11) is -3.30. The molecule has 1 fully saturated rings. The molecule has 2 aromatic rings. The molecule has 0 bridgehead atoms. The first-order valence-electron chi connectivity index (χ1n) is 12.9. The van der Waals surface area contributed by atoms with Gasteiger partial charge in [-0.3, -0.25) is 9.62 Å². The fraction of sp³-hybridized carbons (Fsp3) is 0.519. The molecule has 1 saturated heterocycles. The van der Waals surface area contributed by atoms with E-state index >= 15 is 0 Å². The van der Waals surface area contributed by atoms with Crippen LogP contribution < -0.4 is 14.8 Å². The molecule has 0 atom stereocenters. The third-order valence-electron chi connectivity index (χ3n) is 6.26. The summed E-state index contributed by atoms with van der Waals surface area (Å²) in [5.41, 5.74) is 1.72. The molecule has 1 aliphatic heterocycles. The van der Waals surface area contributed by atoms with E-state index in [1.165, 1.54) is 5.56 Å². The highest BCUT2D eigenvalue weighted by molar-refractivity contribution is 7.92. The molecule has 0 aromatic heterocycles. The van der Waals surface area contributed by atoms with Gasteiger partial charge < -0.3 is 15.0 Å². The molecule has 1 heterocycles. The number of hydrogen-bond donors (Lipinski definition) is 2. The Balaban J connectivity index is 1.49. The average Bonchev–Trinajstić information content (AvgIpc) is 2.85. The number of rotatable bonds is 12. The number of nitrogens with one attached hydrogen (secondary N) is 2. The smallest absolute Gasteiger partial charge is 0.317 e. The maximum absolute atomic E-state index is 12.7. The predicted octanol–water partition coefficient (Wildman–Crippen LogP) is 5.04. The molecular weight excluding hydrogens is 476 g/mol. The molecule has 2 amide bonds. The number of likely N-dealkylation sites (tertiary alicyclic amines) is 1. The van der Waals surface area contributed by atoms with Gasteiger partial charge >= 0.3 is 6.03 Å². The van der Waals surface area contributed by atoms with E-state index in [9.17, 15) is 13.2 Å². The van der Waals surface area contributed by atoms with Crippen molar-refractivity contribution in [2.24, 2.45) is 0 Å². The topological polar surface area (TPSA) is 91.0 Å². The van der Waals surface area contributed by atoms with Gasteiger partial charge in [-0.15, -0.1) is 0 Å². The molecule has 0 radical (unpaired) electrons. The molecular formula is C27H40N4O4S. The fourth-order valence-corrected chi connectivity index (χ4v) is 4.93. The van der Waals surface area contributed by atoms with E-state index in [2.05, 4.69) is 45.8 Å². The van der Waals surface area contributed by atoms with Crippen LogP contribution in [0.2, 0.25) is 0 Å². The van der Waals surface area contributed by atoms with Gasteiger partial charge in [0.25, 0.3) is 0 Å². The summed E-state index contributed by atoms with van der Waals surface area (Å²) in [5.74, 6) is 1.37. The minimum atomic E-state index is -3.30. The Bertz CT molecular complexity index is 1050. The second-order valence-corrected chi connectivity index (χ2v) is 11.2. The van der Waals surface area contributed by atoms with Crippen LogP contribution >= 0.6 is 0 Å². The zero-order chi connectivity index (χ0) is 26.0. The summed E-state index contributed by atoms with van der Waals surface area (Å²) in [4.78, 5) is 17.2. The third kappa shape index (κ3) is 9.02. The fourth-order valence-electron chi connectivity index (χ4n) is 4.36. The van der Waals surface area contributed by atoms with Crippen molar-refractivity contribution in [2.45, 2.75) is 58.5 Å². The first-order chi connectivity index (χ1) is 17.3. The van der Waals surface area contributed by atoms with Gasteiger partial charge in [0.15, 0.2) is 0 Å². The van der Waals surface area contributed by atoms with E-state index < -0.39 is 10.0 Å². The number of carbonyl (C=O) groups excluding carboxylic acids is 1. The Labute approximate surface area is 216 Å². The SMILES string of the molecule is CCCCN(C(=O)NCCC)C1CCN(Cc2ccc(Oc3ccc(NS(C)(=O)=O)cc3)cc2)CC1. The minimum Gasteiger partial charge on any atom is -0.457 e. The van der Waals surface area contributed by atoms with E-state index in [4.69, 9.17) is 4.74 Å². The summed E-state index contributed by atoms with van der Waals surface area (Å²) in [6.07, 6.45) is 6.18. The van der Waals surface area contributed by atoms with Crippen molar-refractivity contribution in [3.63, 3.8) is 0 Å². The monoisotopic (exact) mass is 516 g/mol. The molecule has 8 nitrogen and oxygen atoms in total. The van der Waals surface area contributed by atoms with Crippen LogP contribution in [0, 0.1) is 0 Å². The molecule has 0 aliphatic carbocycles. The average molecular weight is 517 g/mol. The van der Waals surface area contributed by atoms with Gasteiger partial charge in [0, 0.05) is 44.5 Å². The number of piperidine rings is 1. The van der Waals surface area contributed by atoms with E-state index in [0.29, 0.717) is 17.5 Å². The lowest BCUT2D eigenvalue weighted by Crippen LogP contribution is -2.51. The van der Waals surface area contributed by atoms with Gasteiger partial charge in [0.2, 0.25) is 10.0 Å². The number of carbonyl (C=O) groups is 1. The number of urea groups is 1. The second-order valence-electron chi connectivity index (χ2n) is 9.43. The maximum atomic E-state index is 12.7. The number of amides is 2. The third-order valence-corrected chi connectivity index (χ3v) is 6.87. The van der Waals surface area contributed by atoms with Gasteiger partial charge in [-0.05, 0) is 67.6 Å². The zero-order valence-electron chi connectivity index (χ0n) is 21.7. The summed E-state index contributed by atoms with van der Waals surface area (Å²) in [6, 6.07) is 15.3. The van der Waals surface area contributed by atoms with Crippen LogP contribution in [0.5, 0.6) is 11.5 Å². The minimum absolute atomic E-state index is 0.0839. The molecule has 0 saturated carbocycles. The van der Waals surface area contributed by atoms with Crippen molar-refractivity contribution in [2.75, 3.05) is 37.2 Å². The van der Waals surface area contributed by atoms with Crippen molar-refractivity contribution in [1.82, 2.24) is 15.1 Å². The summed E-state index contributed by atoms with van der Waals surface area (Å²) >= 11 is 0. The van der Waals surface area contributed by atoms with Gasteiger partial charge in [0.1, 0.15) is 11.5 Å². The number of nitrogens with zero attached hydrogens (tertiary/aromatic N) is 2. The number of sulfonamides is 1. The Morgan fingerprint density at radius 3 is 2.17 bits per heavy atom. The Hall–Kier alpha value is -2.78. The molecule has 198 valence electrons. The van der Waals surface area contributed by atoms with Crippen LogP contribution in [0.15, 0.2) is 48.5 Å². The van der Waals surface area contributed by atoms with Crippen LogP contribution in [0.3, 0.4) is 0 Å². The predicted molar refractivity (Wildman–Crippen MR) is 145 cm³/mol. The highest BCUT2D eigenvalue weighted by atomic mass is 32.2. The van der Waals surface area contributed by atoms with E-state index in [0.717, 1.165) is 76.8 Å². The number of anilines is 1. The Morgan fingerprint density at radius 2 is 1.61 bits per heavy atom. The van der Waals surface area contributed by atoms with Crippen molar-refractivity contribution in [3.8, 4) is 11.5 Å². The standard InChI is InChI=1S/C27H40N4O4S/c1-4-6-18-31(27(32)28-17-5-2)24-15-19-30(20-16-24)21-22-7-11-25(12-8-22)35-26-13-9-23(10-14-26)29-36(3,33)34/h7-14,24,29H,4-6,15-21H2,1-3H3,(H,28,32). The van der Waals surface area contributed by atoms with Crippen LogP contribution in [-0.2, 0) is 16.6 Å². The van der Waals surface area contributed by atoms with Crippen molar-refractivity contribution < 1.29 is 17.9 Å². The largest absolute Gasteiger partial charge is 0.457 e. The second kappa shape index (κ2) is 13.5.